The summed E-state index contributed by atoms with van der Waals surface area (Å²) in [5.74, 6) is 1.64. The molecule has 1 N–H and O–H groups in total. The van der Waals surface area contributed by atoms with Gasteiger partial charge in [-0.2, -0.15) is 0 Å². The van der Waals surface area contributed by atoms with Crippen LogP contribution in [0.15, 0.2) is 30.5 Å². The second-order valence-corrected chi connectivity index (χ2v) is 4.53. The fourth-order valence-corrected chi connectivity index (χ4v) is 2.28. The number of nitrogens with zero attached hydrogens (tertiary/aromatic N) is 2. The van der Waals surface area contributed by atoms with E-state index in [9.17, 15) is 4.79 Å². The van der Waals surface area contributed by atoms with Crippen molar-refractivity contribution in [2.75, 3.05) is 13.1 Å². The van der Waals surface area contributed by atoms with E-state index in [0.717, 1.165) is 16.5 Å². The van der Waals surface area contributed by atoms with Crippen molar-refractivity contribution < 1.29 is 9.90 Å². The monoisotopic (exact) mass is 256 g/mol. The summed E-state index contributed by atoms with van der Waals surface area (Å²) >= 11 is 0. The number of terminal acetylenes is 1. The highest BCUT2D eigenvalue weighted by Gasteiger charge is 2.12. The molecule has 4 heteroatoms. The summed E-state index contributed by atoms with van der Waals surface area (Å²) in [4.78, 5) is 12.6. The Morgan fingerprint density at radius 2 is 2.21 bits per heavy atom. The van der Waals surface area contributed by atoms with Crippen LogP contribution in [-0.2, 0) is 18.4 Å². The molecule has 0 fully saturated rings. The summed E-state index contributed by atoms with van der Waals surface area (Å²) in [6.45, 7) is 0.820. The average Bonchev–Trinajstić information content (AvgIpc) is 2.67. The Morgan fingerprint density at radius 3 is 2.89 bits per heavy atom. The predicted molar refractivity (Wildman–Crippen MR) is 74.7 cm³/mol. The Bertz CT molecular complexity index is 637. The van der Waals surface area contributed by atoms with Gasteiger partial charge in [0.1, 0.15) is 0 Å². The lowest BCUT2D eigenvalue weighted by Crippen LogP contribution is -2.29. The largest absolute Gasteiger partial charge is 0.480 e. The van der Waals surface area contributed by atoms with Crippen LogP contribution in [0, 0.1) is 12.3 Å². The van der Waals surface area contributed by atoms with E-state index < -0.39 is 5.97 Å². The topological polar surface area (TPSA) is 45.5 Å². The summed E-state index contributed by atoms with van der Waals surface area (Å²) in [5.41, 5.74) is 2.23. The first kappa shape index (κ1) is 13.2. The van der Waals surface area contributed by atoms with Gasteiger partial charge in [0.15, 0.2) is 0 Å². The Balaban J connectivity index is 2.29. The number of hydrogen-bond acceptors (Lipinski definition) is 2. The van der Waals surface area contributed by atoms with E-state index in [1.54, 1.807) is 4.90 Å². The first-order valence-corrected chi connectivity index (χ1v) is 6.02. The molecule has 0 aliphatic carbocycles. The molecule has 2 rings (SSSR count). The third kappa shape index (κ3) is 2.95. The van der Waals surface area contributed by atoms with Crippen molar-refractivity contribution in [2.24, 2.45) is 7.05 Å². The number of carboxylic acids is 1. The van der Waals surface area contributed by atoms with Crippen LogP contribution in [0.5, 0.6) is 0 Å². The molecule has 0 atom stereocenters. The van der Waals surface area contributed by atoms with Crippen LogP contribution >= 0.6 is 0 Å². The number of carbonyl (C=O) groups is 1. The van der Waals surface area contributed by atoms with Gasteiger partial charge in [0.25, 0.3) is 0 Å². The van der Waals surface area contributed by atoms with Crippen molar-refractivity contribution in [1.82, 2.24) is 9.47 Å². The average molecular weight is 256 g/mol. The number of fused-ring (bicyclic) bond motifs is 1. The van der Waals surface area contributed by atoms with Gasteiger partial charge < -0.3 is 9.67 Å². The van der Waals surface area contributed by atoms with Gasteiger partial charge in [0, 0.05) is 30.7 Å². The fraction of sp³-hybridized carbons (Fsp3) is 0.267. The third-order valence-electron chi connectivity index (χ3n) is 3.05. The Labute approximate surface area is 112 Å². The van der Waals surface area contributed by atoms with E-state index in [-0.39, 0.29) is 6.54 Å². The first-order chi connectivity index (χ1) is 9.11. The number of aryl methyl sites for hydroxylation is 1. The molecule has 4 nitrogen and oxygen atoms in total. The highest BCUT2D eigenvalue weighted by atomic mass is 16.4. The lowest BCUT2D eigenvalue weighted by atomic mass is 10.1. The van der Waals surface area contributed by atoms with Gasteiger partial charge in [-0.15, -0.1) is 6.42 Å². The molecule has 0 aliphatic rings. The number of carboxylic acid groups (broad SMARTS) is 1. The minimum absolute atomic E-state index is 0.0482. The summed E-state index contributed by atoms with van der Waals surface area (Å²) in [7, 11) is 1.98. The molecule has 1 aromatic heterocycles. The molecule has 1 aromatic carbocycles. The summed E-state index contributed by atoms with van der Waals surface area (Å²) in [6, 6.07) is 8.05. The van der Waals surface area contributed by atoms with Crippen LogP contribution in [0.25, 0.3) is 10.9 Å². The van der Waals surface area contributed by atoms with Gasteiger partial charge in [-0.05, 0) is 11.6 Å². The number of aromatic nitrogens is 1. The molecule has 0 unspecified atom stereocenters. The SMILES string of the molecule is C#CCN(CC(=O)O)Cc1cn(C)c2ccccc12. The normalized spacial score (nSPS) is 10.8. The van der Waals surface area contributed by atoms with Crippen LogP contribution in [0.3, 0.4) is 0 Å². The van der Waals surface area contributed by atoms with Crippen LogP contribution in [0.4, 0.5) is 0 Å². The van der Waals surface area contributed by atoms with Crippen molar-refractivity contribution in [3.05, 3.63) is 36.0 Å². The second-order valence-electron chi connectivity index (χ2n) is 4.53. The van der Waals surface area contributed by atoms with E-state index in [0.29, 0.717) is 13.1 Å². The summed E-state index contributed by atoms with van der Waals surface area (Å²) in [5, 5.41) is 10.0. The predicted octanol–water partition coefficient (Wildman–Crippen LogP) is 1.70. The highest BCUT2D eigenvalue weighted by Crippen LogP contribution is 2.21. The zero-order chi connectivity index (χ0) is 13.8. The maximum atomic E-state index is 10.8. The molecular weight excluding hydrogens is 240 g/mol. The zero-order valence-electron chi connectivity index (χ0n) is 10.8. The van der Waals surface area contributed by atoms with E-state index in [1.807, 2.05) is 42.1 Å². The van der Waals surface area contributed by atoms with Crippen LogP contribution < -0.4 is 0 Å². The molecule has 0 spiro atoms. The van der Waals surface area contributed by atoms with E-state index >= 15 is 0 Å². The van der Waals surface area contributed by atoms with Crippen LogP contribution in [0.2, 0.25) is 0 Å². The molecule has 0 amide bonds. The van der Waals surface area contributed by atoms with Crippen molar-refractivity contribution in [2.45, 2.75) is 6.54 Å². The molecule has 0 saturated carbocycles. The number of aliphatic carboxylic acids is 1. The minimum Gasteiger partial charge on any atom is -0.480 e. The molecule has 0 radical (unpaired) electrons. The van der Waals surface area contributed by atoms with E-state index in [1.165, 1.54) is 0 Å². The van der Waals surface area contributed by atoms with Gasteiger partial charge in [-0.1, -0.05) is 24.1 Å². The number of hydrogen-bond donors (Lipinski definition) is 1. The highest BCUT2D eigenvalue weighted by molar-refractivity contribution is 5.83. The summed E-state index contributed by atoms with van der Waals surface area (Å²) < 4.78 is 2.04. The molecular formula is C15H16N2O2. The minimum atomic E-state index is -0.865. The maximum absolute atomic E-state index is 10.8. The smallest absolute Gasteiger partial charge is 0.317 e. The molecule has 1 heterocycles. The standard InChI is InChI=1S/C15H16N2O2/c1-3-8-17(11-15(18)19)10-12-9-16(2)14-7-5-4-6-13(12)14/h1,4-7,9H,8,10-11H2,2H3,(H,18,19). The van der Waals surface area contributed by atoms with Gasteiger partial charge in [0.2, 0.25) is 0 Å². The molecule has 2 aromatic rings. The van der Waals surface area contributed by atoms with E-state index in [4.69, 9.17) is 11.5 Å². The Kier molecular flexibility index (Phi) is 3.88. The van der Waals surface area contributed by atoms with Crippen molar-refractivity contribution in [1.29, 1.82) is 0 Å². The lowest BCUT2D eigenvalue weighted by Gasteiger charge is -2.16. The summed E-state index contributed by atoms with van der Waals surface area (Å²) in [6.07, 6.45) is 7.31. The van der Waals surface area contributed by atoms with Gasteiger partial charge in [-0.3, -0.25) is 9.69 Å². The fourth-order valence-electron chi connectivity index (χ4n) is 2.28. The molecule has 0 aliphatic heterocycles. The van der Waals surface area contributed by atoms with Crippen molar-refractivity contribution in [3.63, 3.8) is 0 Å². The van der Waals surface area contributed by atoms with Crippen molar-refractivity contribution >= 4 is 16.9 Å². The van der Waals surface area contributed by atoms with Crippen LogP contribution in [-0.4, -0.2) is 33.6 Å². The quantitative estimate of drug-likeness (QED) is 0.828. The maximum Gasteiger partial charge on any atom is 0.317 e. The molecule has 0 saturated heterocycles. The van der Waals surface area contributed by atoms with Gasteiger partial charge in [0.05, 0.1) is 13.1 Å². The number of para-hydroxylation sites is 1. The number of benzene rings is 1. The Morgan fingerprint density at radius 1 is 1.47 bits per heavy atom. The van der Waals surface area contributed by atoms with Crippen LogP contribution in [0.1, 0.15) is 5.56 Å². The lowest BCUT2D eigenvalue weighted by molar-refractivity contribution is -0.138. The van der Waals surface area contributed by atoms with Crippen molar-refractivity contribution in [3.8, 4) is 12.3 Å². The first-order valence-electron chi connectivity index (χ1n) is 6.02. The van der Waals surface area contributed by atoms with Gasteiger partial charge >= 0.3 is 5.97 Å². The molecule has 98 valence electrons. The van der Waals surface area contributed by atoms with E-state index in [2.05, 4.69) is 5.92 Å². The Hall–Kier alpha value is -2.25. The molecule has 19 heavy (non-hydrogen) atoms. The zero-order valence-corrected chi connectivity index (χ0v) is 10.8. The second kappa shape index (κ2) is 5.59. The third-order valence-corrected chi connectivity index (χ3v) is 3.05. The number of rotatable bonds is 5. The van der Waals surface area contributed by atoms with Gasteiger partial charge in [-0.25, -0.2) is 0 Å². The molecule has 0 bridgehead atoms.